The first-order chi connectivity index (χ1) is 9.01. The van der Waals surface area contributed by atoms with E-state index in [2.05, 4.69) is 32.6 Å². The van der Waals surface area contributed by atoms with Gasteiger partial charge in [0.25, 0.3) is 0 Å². The molecule has 2 rings (SSSR count). The summed E-state index contributed by atoms with van der Waals surface area (Å²) in [5, 5.41) is 1.05. The number of rotatable bonds is 3. The van der Waals surface area contributed by atoms with E-state index < -0.39 is 0 Å². The molecule has 19 heavy (non-hydrogen) atoms. The summed E-state index contributed by atoms with van der Waals surface area (Å²) in [6.07, 6.45) is 0. The number of nitrogens with two attached hydrogens (primary N) is 1. The van der Waals surface area contributed by atoms with Gasteiger partial charge in [-0.1, -0.05) is 23.2 Å². The molecule has 0 radical (unpaired) electrons. The molecule has 0 atom stereocenters. The van der Waals surface area contributed by atoms with E-state index >= 15 is 0 Å². The van der Waals surface area contributed by atoms with Crippen molar-refractivity contribution in [1.29, 1.82) is 0 Å². The van der Waals surface area contributed by atoms with Crippen molar-refractivity contribution in [2.75, 3.05) is 12.8 Å². The van der Waals surface area contributed by atoms with Gasteiger partial charge >= 0.3 is 0 Å². The summed E-state index contributed by atoms with van der Waals surface area (Å²) in [6, 6.07) is 5.13. The Hall–Kier alpha value is -0.630. The van der Waals surface area contributed by atoms with Gasteiger partial charge in [-0.05, 0) is 40.8 Å². The maximum atomic E-state index is 5.97. The van der Waals surface area contributed by atoms with Crippen molar-refractivity contribution in [3.8, 4) is 11.4 Å². The molecule has 7 heteroatoms. The molecule has 0 unspecified atom stereocenters. The maximum absolute atomic E-state index is 5.97. The molecule has 0 bridgehead atoms. The zero-order valence-electron chi connectivity index (χ0n) is 9.95. The average Bonchev–Trinajstić information content (AvgIpc) is 2.33. The lowest BCUT2D eigenvalue weighted by molar-refractivity contribution is 0.181. The topological polar surface area (TPSA) is 61.0 Å². The molecule has 2 N–H and O–H groups in total. The Bertz CT molecular complexity index is 602. The first-order valence-corrected chi connectivity index (χ1v) is 7.12. The van der Waals surface area contributed by atoms with Crippen LogP contribution in [0.15, 0.2) is 18.2 Å². The summed E-state index contributed by atoms with van der Waals surface area (Å²) in [4.78, 5) is 8.69. The highest BCUT2D eigenvalue weighted by Gasteiger charge is 2.12. The zero-order chi connectivity index (χ0) is 14.0. The SMILES string of the molecule is COCc1nc(-c2cc(Cl)cc(Cl)c2)nc(N)c1I. The van der Waals surface area contributed by atoms with E-state index in [-0.39, 0.29) is 0 Å². The lowest BCUT2D eigenvalue weighted by Gasteiger charge is -2.09. The van der Waals surface area contributed by atoms with Gasteiger partial charge in [-0.3, -0.25) is 0 Å². The van der Waals surface area contributed by atoms with Gasteiger partial charge in [-0.15, -0.1) is 0 Å². The van der Waals surface area contributed by atoms with Gasteiger partial charge in [-0.2, -0.15) is 0 Å². The number of benzene rings is 1. The highest BCUT2D eigenvalue weighted by molar-refractivity contribution is 14.1. The molecule has 100 valence electrons. The standard InChI is InChI=1S/C12H10Cl2IN3O/c1-19-5-9-10(15)11(16)18-12(17-9)6-2-7(13)4-8(14)3-6/h2-4H,5H2,1H3,(H2,16,17,18). The van der Waals surface area contributed by atoms with Gasteiger partial charge in [0.2, 0.25) is 0 Å². The second-order valence-corrected chi connectivity index (χ2v) is 5.74. The third-order valence-corrected chi connectivity index (χ3v) is 3.96. The van der Waals surface area contributed by atoms with Gasteiger partial charge in [0, 0.05) is 22.7 Å². The average molecular weight is 410 g/mol. The van der Waals surface area contributed by atoms with Crippen LogP contribution in [0, 0.1) is 3.57 Å². The van der Waals surface area contributed by atoms with Gasteiger partial charge < -0.3 is 10.5 Å². The van der Waals surface area contributed by atoms with E-state index in [0.29, 0.717) is 28.3 Å². The number of hydrogen-bond acceptors (Lipinski definition) is 4. The van der Waals surface area contributed by atoms with E-state index in [4.69, 9.17) is 33.7 Å². The second kappa shape index (κ2) is 6.21. The van der Waals surface area contributed by atoms with Gasteiger partial charge in [-0.25, -0.2) is 9.97 Å². The highest BCUT2D eigenvalue weighted by atomic mass is 127. The van der Waals surface area contributed by atoms with Crippen LogP contribution in [0.25, 0.3) is 11.4 Å². The van der Waals surface area contributed by atoms with Crippen LogP contribution in [-0.2, 0) is 11.3 Å². The number of anilines is 1. The number of halogens is 3. The molecular weight excluding hydrogens is 400 g/mol. The van der Waals surface area contributed by atoms with Crippen LogP contribution in [0.1, 0.15) is 5.69 Å². The summed E-state index contributed by atoms with van der Waals surface area (Å²) < 4.78 is 5.89. The smallest absolute Gasteiger partial charge is 0.162 e. The van der Waals surface area contributed by atoms with Crippen LogP contribution in [-0.4, -0.2) is 17.1 Å². The fourth-order valence-electron chi connectivity index (χ4n) is 1.56. The van der Waals surface area contributed by atoms with E-state index in [1.54, 1.807) is 25.3 Å². The summed E-state index contributed by atoms with van der Waals surface area (Å²) in [7, 11) is 1.60. The Kier molecular flexibility index (Phi) is 4.83. The van der Waals surface area contributed by atoms with Crippen molar-refractivity contribution < 1.29 is 4.74 Å². The Morgan fingerprint density at radius 2 is 1.84 bits per heavy atom. The quantitative estimate of drug-likeness (QED) is 0.783. The molecule has 0 aliphatic heterocycles. The predicted octanol–water partition coefficient (Wildman–Crippen LogP) is 3.78. The second-order valence-electron chi connectivity index (χ2n) is 3.78. The third kappa shape index (κ3) is 3.47. The minimum Gasteiger partial charge on any atom is -0.383 e. The van der Waals surface area contributed by atoms with Gasteiger partial charge in [0.1, 0.15) is 5.82 Å². The highest BCUT2D eigenvalue weighted by Crippen LogP contribution is 2.27. The molecule has 0 spiro atoms. The molecule has 2 aromatic rings. The predicted molar refractivity (Wildman–Crippen MR) is 85.3 cm³/mol. The van der Waals surface area contributed by atoms with Crippen molar-refractivity contribution in [3.05, 3.63) is 37.5 Å². The van der Waals surface area contributed by atoms with Crippen LogP contribution < -0.4 is 5.73 Å². The van der Waals surface area contributed by atoms with Crippen LogP contribution in [0.4, 0.5) is 5.82 Å². The van der Waals surface area contributed by atoms with E-state index in [0.717, 1.165) is 14.8 Å². The van der Waals surface area contributed by atoms with Crippen molar-refractivity contribution in [2.45, 2.75) is 6.61 Å². The van der Waals surface area contributed by atoms with E-state index in [1.165, 1.54) is 0 Å². The Labute approximate surface area is 134 Å². The molecule has 0 saturated heterocycles. The molecule has 4 nitrogen and oxygen atoms in total. The Balaban J connectivity index is 2.55. The monoisotopic (exact) mass is 409 g/mol. The van der Waals surface area contributed by atoms with Crippen molar-refractivity contribution in [2.24, 2.45) is 0 Å². The van der Waals surface area contributed by atoms with Gasteiger partial charge in [0.05, 0.1) is 15.9 Å². The fraction of sp³-hybridized carbons (Fsp3) is 0.167. The number of nitrogens with zero attached hydrogens (tertiary/aromatic N) is 2. The molecular formula is C12H10Cl2IN3O. The maximum Gasteiger partial charge on any atom is 0.162 e. The number of hydrogen-bond donors (Lipinski definition) is 1. The van der Waals surface area contributed by atoms with Crippen LogP contribution in [0.3, 0.4) is 0 Å². The normalized spacial score (nSPS) is 10.7. The molecule has 1 aromatic heterocycles. The largest absolute Gasteiger partial charge is 0.383 e. The Morgan fingerprint density at radius 3 is 2.42 bits per heavy atom. The lowest BCUT2D eigenvalue weighted by atomic mass is 10.2. The minimum atomic E-state index is 0.367. The molecule has 0 fully saturated rings. The molecule has 0 saturated carbocycles. The molecule has 0 aliphatic rings. The summed E-state index contributed by atoms with van der Waals surface area (Å²) in [5.41, 5.74) is 7.34. The van der Waals surface area contributed by atoms with Crippen molar-refractivity contribution >= 4 is 51.6 Å². The van der Waals surface area contributed by atoms with Gasteiger partial charge in [0.15, 0.2) is 5.82 Å². The lowest BCUT2D eigenvalue weighted by Crippen LogP contribution is -2.05. The number of methoxy groups -OCH3 is 1. The zero-order valence-corrected chi connectivity index (χ0v) is 13.6. The van der Waals surface area contributed by atoms with Crippen LogP contribution in [0.5, 0.6) is 0 Å². The summed E-state index contributed by atoms with van der Waals surface area (Å²) >= 11 is 14.0. The summed E-state index contributed by atoms with van der Waals surface area (Å²) in [5.74, 6) is 0.892. The Morgan fingerprint density at radius 1 is 1.21 bits per heavy atom. The van der Waals surface area contributed by atoms with Crippen LogP contribution in [0.2, 0.25) is 10.0 Å². The minimum absolute atomic E-state index is 0.367. The van der Waals surface area contributed by atoms with Crippen molar-refractivity contribution in [3.63, 3.8) is 0 Å². The molecule has 1 aromatic carbocycles. The molecule has 1 heterocycles. The number of ether oxygens (including phenoxy) is 1. The first kappa shape index (κ1) is 14.8. The summed E-state index contributed by atoms with van der Waals surface area (Å²) in [6.45, 7) is 0.367. The van der Waals surface area contributed by atoms with E-state index in [9.17, 15) is 0 Å². The third-order valence-electron chi connectivity index (χ3n) is 2.35. The molecule has 0 aliphatic carbocycles. The van der Waals surface area contributed by atoms with Crippen molar-refractivity contribution in [1.82, 2.24) is 9.97 Å². The number of nitrogen functional groups attached to an aromatic ring is 1. The van der Waals surface area contributed by atoms with Crippen LogP contribution >= 0.6 is 45.8 Å². The number of aromatic nitrogens is 2. The van der Waals surface area contributed by atoms with E-state index in [1.807, 2.05) is 0 Å². The molecule has 0 amide bonds. The fourth-order valence-corrected chi connectivity index (χ4v) is 2.48. The first-order valence-electron chi connectivity index (χ1n) is 5.28.